The SMILES string of the molecule is CNc1ncnc(Oc2cc(Cl)c(Br)cc2Cl)c1OC. The van der Waals surface area contributed by atoms with E-state index in [1.165, 1.54) is 13.4 Å². The zero-order valence-corrected chi connectivity index (χ0v) is 13.7. The van der Waals surface area contributed by atoms with Crippen LogP contribution in [-0.4, -0.2) is 24.1 Å². The van der Waals surface area contributed by atoms with Gasteiger partial charge in [-0.05, 0) is 22.0 Å². The summed E-state index contributed by atoms with van der Waals surface area (Å²) in [6, 6.07) is 3.24. The van der Waals surface area contributed by atoms with Crippen LogP contribution in [0.4, 0.5) is 5.82 Å². The van der Waals surface area contributed by atoms with Gasteiger partial charge in [0.15, 0.2) is 5.82 Å². The van der Waals surface area contributed by atoms with Crippen molar-refractivity contribution in [3.63, 3.8) is 0 Å². The van der Waals surface area contributed by atoms with Crippen molar-refractivity contribution in [3.05, 3.63) is 33.0 Å². The Morgan fingerprint density at radius 2 is 1.95 bits per heavy atom. The summed E-state index contributed by atoms with van der Waals surface area (Å²) in [6.45, 7) is 0. The second-order valence-electron chi connectivity index (χ2n) is 3.61. The normalized spacial score (nSPS) is 10.2. The van der Waals surface area contributed by atoms with Gasteiger partial charge in [0.25, 0.3) is 5.88 Å². The van der Waals surface area contributed by atoms with E-state index in [9.17, 15) is 0 Å². The maximum Gasteiger partial charge on any atom is 0.268 e. The Hall–Kier alpha value is -1.24. The number of anilines is 1. The fourth-order valence-corrected chi connectivity index (χ4v) is 2.31. The van der Waals surface area contributed by atoms with E-state index in [0.29, 0.717) is 31.8 Å². The molecule has 0 radical (unpaired) electrons. The van der Waals surface area contributed by atoms with E-state index in [2.05, 4.69) is 31.2 Å². The molecule has 1 N–H and O–H groups in total. The van der Waals surface area contributed by atoms with Crippen molar-refractivity contribution in [1.29, 1.82) is 0 Å². The molecular formula is C12H10BrCl2N3O2. The molecule has 2 aromatic rings. The summed E-state index contributed by atoms with van der Waals surface area (Å²) in [6.07, 6.45) is 1.36. The first-order valence-electron chi connectivity index (χ1n) is 5.46. The number of methoxy groups -OCH3 is 1. The van der Waals surface area contributed by atoms with Gasteiger partial charge in [-0.1, -0.05) is 23.2 Å². The van der Waals surface area contributed by atoms with Crippen LogP contribution in [0.15, 0.2) is 22.9 Å². The summed E-state index contributed by atoms with van der Waals surface area (Å²) in [4.78, 5) is 8.07. The molecule has 20 heavy (non-hydrogen) atoms. The molecule has 0 unspecified atom stereocenters. The zero-order chi connectivity index (χ0) is 14.7. The molecule has 8 heteroatoms. The summed E-state index contributed by atoms with van der Waals surface area (Å²) in [5.41, 5.74) is 0. The first-order valence-corrected chi connectivity index (χ1v) is 7.00. The molecule has 1 aromatic carbocycles. The largest absolute Gasteiger partial charge is 0.489 e. The van der Waals surface area contributed by atoms with Gasteiger partial charge in [0.1, 0.15) is 12.1 Å². The predicted octanol–water partition coefficient (Wildman–Crippen LogP) is 4.39. The highest BCUT2D eigenvalue weighted by Gasteiger charge is 2.15. The van der Waals surface area contributed by atoms with Gasteiger partial charge in [-0.2, -0.15) is 4.98 Å². The Balaban J connectivity index is 2.42. The van der Waals surface area contributed by atoms with Crippen LogP contribution in [0, 0.1) is 0 Å². The van der Waals surface area contributed by atoms with Crippen molar-refractivity contribution in [1.82, 2.24) is 9.97 Å². The van der Waals surface area contributed by atoms with Gasteiger partial charge in [0.2, 0.25) is 5.75 Å². The topological polar surface area (TPSA) is 56.3 Å². The summed E-state index contributed by atoms with van der Waals surface area (Å²) in [5.74, 6) is 1.51. The zero-order valence-electron chi connectivity index (χ0n) is 10.6. The lowest BCUT2D eigenvalue weighted by Crippen LogP contribution is -2.01. The standard InChI is InChI=1S/C12H10BrCl2N3O2/c1-16-11-10(19-2)12(18-5-17-11)20-9-4-7(14)6(13)3-8(9)15/h3-5H,1-2H3,(H,16,17,18). The Bertz CT molecular complexity index is 640. The molecule has 0 spiro atoms. The van der Waals surface area contributed by atoms with Crippen LogP contribution in [0.25, 0.3) is 0 Å². The van der Waals surface area contributed by atoms with Crippen LogP contribution in [0.1, 0.15) is 0 Å². The van der Waals surface area contributed by atoms with Gasteiger partial charge in [-0.25, -0.2) is 4.98 Å². The van der Waals surface area contributed by atoms with E-state index >= 15 is 0 Å². The number of benzene rings is 1. The van der Waals surface area contributed by atoms with Gasteiger partial charge < -0.3 is 14.8 Å². The quantitative estimate of drug-likeness (QED) is 0.799. The molecule has 0 saturated carbocycles. The summed E-state index contributed by atoms with van der Waals surface area (Å²) >= 11 is 15.4. The minimum atomic E-state index is 0.243. The second-order valence-corrected chi connectivity index (χ2v) is 5.28. The van der Waals surface area contributed by atoms with E-state index < -0.39 is 0 Å². The number of nitrogens with zero attached hydrogens (tertiary/aromatic N) is 2. The molecule has 0 bridgehead atoms. The minimum absolute atomic E-state index is 0.243. The number of halogens is 3. The molecule has 1 aromatic heterocycles. The smallest absolute Gasteiger partial charge is 0.268 e. The number of ether oxygens (including phenoxy) is 2. The highest BCUT2D eigenvalue weighted by atomic mass is 79.9. The molecule has 0 aliphatic carbocycles. The fourth-order valence-electron chi connectivity index (χ4n) is 1.48. The number of hydrogen-bond acceptors (Lipinski definition) is 5. The average molecular weight is 379 g/mol. The summed E-state index contributed by atoms with van der Waals surface area (Å²) < 4.78 is 11.6. The van der Waals surface area contributed by atoms with E-state index in [4.69, 9.17) is 32.7 Å². The number of nitrogens with one attached hydrogen (secondary N) is 1. The second kappa shape index (κ2) is 6.47. The van der Waals surface area contributed by atoms with Crippen molar-refractivity contribution in [2.45, 2.75) is 0 Å². The van der Waals surface area contributed by atoms with Gasteiger partial charge in [0, 0.05) is 17.6 Å². The van der Waals surface area contributed by atoms with Crippen LogP contribution in [0.3, 0.4) is 0 Å². The first-order chi connectivity index (χ1) is 9.56. The van der Waals surface area contributed by atoms with Crippen molar-refractivity contribution < 1.29 is 9.47 Å². The first kappa shape index (κ1) is 15.2. The fraction of sp³-hybridized carbons (Fsp3) is 0.167. The predicted molar refractivity (Wildman–Crippen MR) is 82.4 cm³/mol. The lowest BCUT2D eigenvalue weighted by atomic mass is 10.3. The third kappa shape index (κ3) is 3.08. The van der Waals surface area contributed by atoms with E-state index in [1.54, 1.807) is 19.2 Å². The van der Waals surface area contributed by atoms with Crippen molar-refractivity contribution in [2.24, 2.45) is 0 Å². The Morgan fingerprint density at radius 3 is 2.60 bits per heavy atom. The van der Waals surface area contributed by atoms with E-state index in [-0.39, 0.29) is 5.88 Å². The molecule has 0 aliphatic heterocycles. The highest BCUT2D eigenvalue weighted by molar-refractivity contribution is 9.10. The number of rotatable bonds is 4. The van der Waals surface area contributed by atoms with Gasteiger partial charge in [-0.3, -0.25) is 0 Å². The van der Waals surface area contributed by atoms with Crippen molar-refractivity contribution in [3.8, 4) is 17.4 Å². The lowest BCUT2D eigenvalue weighted by molar-refractivity contribution is 0.369. The van der Waals surface area contributed by atoms with Gasteiger partial charge in [0.05, 0.1) is 17.2 Å². The third-order valence-corrected chi connectivity index (χ3v) is 3.89. The number of aromatic nitrogens is 2. The monoisotopic (exact) mass is 377 g/mol. The van der Waals surface area contributed by atoms with Crippen LogP contribution in [0.5, 0.6) is 17.4 Å². The summed E-state index contributed by atoms with van der Waals surface area (Å²) in [5, 5.41) is 3.76. The van der Waals surface area contributed by atoms with Crippen LogP contribution >= 0.6 is 39.1 Å². The Morgan fingerprint density at radius 1 is 1.20 bits per heavy atom. The molecule has 0 fully saturated rings. The third-order valence-electron chi connectivity index (χ3n) is 2.39. The Labute approximate surface area is 134 Å². The molecule has 0 amide bonds. The molecule has 106 valence electrons. The molecule has 5 nitrogen and oxygen atoms in total. The lowest BCUT2D eigenvalue weighted by Gasteiger charge is -2.13. The van der Waals surface area contributed by atoms with Gasteiger partial charge in [-0.15, -0.1) is 0 Å². The van der Waals surface area contributed by atoms with E-state index in [1.807, 2.05) is 0 Å². The molecule has 1 heterocycles. The molecule has 0 saturated heterocycles. The maximum absolute atomic E-state index is 6.11. The summed E-state index contributed by atoms with van der Waals surface area (Å²) in [7, 11) is 3.22. The Kier molecular flexibility index (Phi) is 4.91. The highest BCUT2D eigenvalue weighted by Crippen LogP contribution is 2.39. The maximum atomic E-state index is 6.11. The van der Waals surface area contributed by atoms with Gasteiger partial charge >= 0.3 is 0 Å². The van der Waals surface area contributed by atoms with E-state index in [0.717, 1.165) is 0 Å². The molecule has 0 atom stereocenters. The molecule has 2 rings (SSSR count). The minimum Gasteiger partial charge on any atom is -0.489 e. The molecule has 0 aliphatic rings. The number of hydrogen-bond donors (Lipinski definition) is 1. The van der Waals surface area contributed by atoms with Crippen LogP contribution < -0.4 is 14.8 Å². The van der Waals surface area contributed by atoms with Crippen molar-refractivity contribution >= 4 is 44.9 Å². The average Bonchev–Trinajstić information content (AvgIpc) is 2.44. The van der Waals surface area contributed by atoms with Crippen LogP contribution in [0.2, 0.25) is 10.0 Å². The van der Waals surface area contributed by atoms with Crippen molar-refractivity contribution in [2.75, 3.05) is 19.5 Å². The molecular weight excluding hydrogens is 369 g/mol. The van der Waals surface area contributed by atoms with Crippen LogP contribution in [-0.2, 0) is 0 Å².